The number of hydrogen-bond acceptors (Lipinski definition) is 0. The molecule has 0 nitrogen and oxygen atoms in total. The molecule has 12 heavy (non-hydrogen) atoms. The van der Waals surface area contributed by atoms with Gasteiger partial charge in [-0.2, -0.15) is 0 Å². The van der Waals surface area contributed by atoms with Crippen molar-refractivity contribution in [3.63, 3.8) is 0 Å². The van der Waals surface area contributed by atoms with Crippen molar-refractivity contribution < 1.29 is 0 Å². The molecule has 1 rings (SSSR count). The third-order valence-corrected chi connectivity index (χ3v) is 2.94. The van der Waals surface area contributed by atoms with Crippen LogP contribution in [0.3, 0.4) is 0 Å². The van der Waals surface area contributed by atoms with Crippen LogP contribution in [0.2, 0.25) is 0 Å². The molecule has 0 aliphatic heterocycles. The van der Waals surface area contributed by atoms with E-state index in [0.717, 1.165) is 11.8 Å². The fourth-order valence-corrected chi connectivity index (χ4v) is 1.96. The first-order chi connectivity index (χ1) is 5.84. The zero-order valence-corrected chi connectivity index (χ0v) is 8.42. The van der Waals surface area contributed by atoms with Gasteiger partial charge in [0.05, 0.1) is 0 Å². The van der Waals surface area contributed by atoms with Crippen LogP contribution in [0.15, 0.2) is 12.2 Å². The number of hydrogen-bond donors (Lipinski definition) is 0. The molecular weight excluding hydrogens is 144 g/mol. The van der Waals surface area contributed by atoms with E-state index >= 15 is 0 Å². The predicted molar refractivity (Wildman–Crippen MR) is 54.9 cm³/mol. The lowest BCUT2D eigenvalue weighted by atomic mass is 9.81. The van der Waals surface area contributed by atoms with E-state index in [1.165, 1.54) is 32.1 Å². The third kappa shape index (κ3) is 3.00. The molecule has 1 aliphatic carbocycles. The lowest BCUT2D eigenvalue weighted by molar-refractivity contribution is 0.326. The molecule has 0 spiro atoms. The van der Waals surface area contributed by atoms with Crippen molar-refractivity contribution in [1.82, 2.24) is 0 Å². The fraction of sp³-hybridized carbons (Fsp3) is 0.750. The van der Waals surface area contributed by atoms with Crippen molar-refractivity contribution >= 4 is 0 Å². The SMILES string of the molecule is CC[CH]CC(C)C1CC=CCC1. The summed E-state index contributed by atoms with van der Waals surface area (Å²) in [6.45, 7) is 4.63. The van der Waals surface area contributed by atoms with Crippen LogP contribution in [0.4, 0.5) is 0 Å². The van der Waals surface area contributed by atoms with Gasteiger partial charge in [-0.15, -0.1) is 0 Å². The Balaban J connectivity index is 2.21. The Morgan fingerprint density at radius 1 is 1.50 bits per heavy atom. The summed E-state index contributed by atoms with van der Waals surface area (Å²) in [5.41, 5.74) is 0. The van der Waals surface area contributed by atoms with E-state index < -0.39 is 0 Å². The molecule has 0 amide bonds. The Bertz CT molecular complexity index is 135. The highest BCUT2D eigenvalue weighted by atomic mass is 14.2. The first-order valence-corrected chi connectivity index (χ1v) is 5.31. The van der Waals surface area contributed by atoms with Crippen molar-refractivity contribution in [3.8, 4) is 0 Å². The molecule has 0 saturated carbocycles. The zero-order chi connectivity index (χ0) is 8.81. The van der Waals surface area contributed by atoms with Crippen molar-refractivity contribution in [2.45, 2.75) is 46.0 Å². The Morgan fingerprint density at radius 3 is 2.92 bits per heavy atom. The van der Waals surface area contributed by atoms with Crippen LogP contribution in [0.5, 0.6) is 0 Å². The average Bonchev–Trinajstić information content (AvgIpc) is 2.15. The maximum atomic E-state index is 2.42. The predicted octanol–water partition coefficient (Wildman–Crippen LogP) is 3.98. The number of unbranched alkanes of at least 4 members (excludes halogenated alkanes) is 1. The van der Waals surface area contributed by atoms with Crippen LogP contribution in [0.1, 0.15) is 46.0 Å². The molecular formula is C12H21. The van der Waals surface area contributed by atoms with Gasteiger partial charge < -0.3 is 0 Å². The van der Waals surface area contributed by atoms with Gasteiger partial charge in [-0.1, -0.05) is 32.4 Å². The molecule has 0 fully saturated rings. The van der Waals surface area contributed by atoms with E-state index in [0.29, 0.717) is 0 Å². The summed E-state index contributed by atoms with van der Waals surface area (Å²) >= 11 is 0. The third-order valence-electron chi connectivity index (χ3n) is 2.94. The molecule has 2 atom stereocenters. The maximum absolute atomic E-state index is 2.42. The van der Waals surface area contributed by atoms with Crippen LogP contribution >= 0.6 is 0 Å². The first kappa shape index (κ1) is 9.83. The Kier molecular flexibility index (Phi) is 4.42. The van der Waals surface area contributed by atoms with Crippen LogP contribution in [0, 0.1) is 18.3 Å². The maximum Gasteiger partial charge on any atom is -0.0320 e. The van der Waals surface area contributed by atoms with Crippen molar-refractivity contribution in [1.29, 1.82) is 0 Å². The molecule has 0 bridgehead atoms. The molecule has 0 heterocycles. The van der Waals surface area contributed by atoms with E-state index in [1.54, 1.807) is 0 Å². The molecule has 0 aromatic rings. The van der Waals surface area contributed by atoms with Crippen LogP contribution in [-0.4, -0.2) is 0 Å². The molecule has 0 N–H and O–H groups in total. The Morgan fingerprint density at radius 2 is 2.33 bits per heavy atom. The molecule has 0 saturated heterocycles. The molecule has 0 aromatic carbocycles. The highest BCUT2D eigenvalue weighted by molar-refractivity contribution is 4.91. The van der Waals surface area contributed by atoms with Gasteiger partial charge in [-0.3, -0.25) is 0 Å². The quantitative estimate of drug-likeness (QED) is 0.553. The lowest BCUT2D eigenvalue weighted by Gasteiger charge is -2.24. The standard InChI is InChI=1S/C12H21/c1-3-4-8-11(2)12-9-6-5-7-10-12/h4-6,11-12H,3,7-10H2,1-2H3. The summed E-state index contributed by atoms with van der Waals surface area (Å²) in [4.78, 5) is 0. The Labute approximate surface area is 77.1 Å². The summed E-state index contributed by atoms with van der Waals surface area (Å²) in [6, 6.07) is 0. The van der Waals surface area contributed by atoms with Gasteiger partial charge in [-0.05, 0) is 43.9 Å². The summed E-state index contributed by atoms with van der Waals surface area (Å²) in [5.74, 6) is 1.85. The van der Waals surface area contributed by atoms with Crippen molar-refractivity contribution in [2.24, 2.45) is 11.8 Å². The summed E-state index contributed by atoms with van der Waals surface area (Å²) in [6.07, 6.45) is 13.7. The minimum Gasteiger partial charge on any atom is -0.0885 e. The second-order valence-corrected chi connectivity index (χ2v) is 3.95. The van der Waals surface area contributed by atoms with Gasteiger partial charge in [0.15, 0.2) is 0 Å². The van der Waals surface area contributed by atoms with Crippen LogP contribution in [-0.2, 0) is 0 Å². The summed E-state index contributed by atoms with van der Waals surface area (Å²) in [5, 5.41) is 0. The van der Waals surface area contributed by atoms with Gasteiger partial charge in [0.2, 0.25) is 0 Å². The van der Waals surface area contributed by atoms with Crippen LogP contribution < -0.4 is 0 Å². The summed E-state index contributed by atoms with van der Waals surface area (Å²) in [7, 11) is 0. The smallest absolute Gasteiger partial charge is 0.0320 e. The van der Waals surface area contributed by atoms with Gasteiger partial charge in [0.1, 0.15) is 0 Å². The highest BCUT2D eigenvalue weighted by Gasteiger charge is 2.16. The topological polar surface area (TPSA) is 0 Å². The molecule has 1 aliphatic rings. The van der Waals surface area contributed by atoms with E-state index in [4.69, 9.17) is 0 Å². The minimum absolute atomic E-state index is 0.898. The second-order valence-electron chi connectivity index (χ2n) is 3.95. The fourth-order valence-electron chi connectivity index (χ4n) is 1.96. The monoisotopic (exact) mass is 165 g/mol. The minimum atomic E-state index is 0.898. The van der Waals surface area contributed by atoms with Crippen molar-refractivity contribution in [3.05, 3.63) is 18.6 Å². The molecule has 1 radical (unpaired) electrons. The number of allylic oxidation sites excluding steroid dienone is 2. The van der Waals surface area contributed by atoms with Crippen molar-refractivity contribution in [2.75, 3.05) is 0 Å². The van der Waals surface area contributed by atoms with E-state index in [1.807, 2.05) is 0 Å². The molecule has 2 unspecified atom stereocenters. The molecule has 69 valence electrons. The van der Waals surface area contributed by atoms with Gasteiger partial charge in [0.25, 0.3) is 0 Å². The largest absolute Gasteiger partial charge is 0.0885 e. The van der Waals surface area contributed by atoms with E-state index in [9.17, 15) is 0 Å². The lowest BCUT2D eigenvalue weighted by Crippen LogP contribution is -2.13. The second kappa shape index (κ2) is 5.40. The van der Waals surface area contributed by atoms with E-state index in [-0.39, 0.29) is 0 Å². The normalized spacial score (nSPS) is 25.7. The number of rotatable bonds is 4. The van der Waals surface area contributed by atoms with E-state index in [2.05, 4.69) is 32.4 Å². The average molecular weight is 165 g/mol. The highest BCUT2D eigenvalue weighted by Crippen LogP contribution is 2.28. The van der Waals surface area contributed by atoms with Gasteiger partial charge in [0, 0.05) is 0 Å². The summed E-state index contributed by atoms with van der Waals surface area (Å²) < 4.78 is 0. The first-order valence-electron chi connectivity index (χ1n) is 5.31. The van der Waals surface area contributed by atoms with Gasteiger partial charge in [-0.25, -0.2) is 0 Å². The zero-order valence-electron chi connectivity index (χ0n) is 8.42. The van der Waals surface area contributed by atoms with Gasteiger partial charge >= 0.3 is 0 Å². The Hall–Kier alpha value is -0.260. The molecule has 0 heteroatoms. The van der Waals surface area contributed by atoms with Crippen LogP contribution in [0.25, 0.3) is 0 Å². The molecule has 0 aromatic heterocycles.